The van der Waals surface area contributed by atoms with Crippen LogP contribution in [0.5, 0.6) is 0 Å². The lowest BCUT2D eigenvalue weighted by Crippen LogP contribution is -2.48. The lowest BCUT2D eigenvalue weighted by molar-refractivity contribution is 0.186. The molecular weight excluding hydrogens is 216 g/mol. The summed E-state index contributed by atoms with van der Waals surface area (Å²) >= 11 is 1.84. The molecule has 0 aromatic carbocycles. The third-order valence-corrected chi connectivity index (χ3v) is 5.13. The van der Waals surface area contributed by atoms with Gasteiger partial charge >= 0.3 is 0 Å². The highest BCUT2D eigenvalue weighted by Crippen LogP contribution is 2.44. The lowest BCUT2D eigenvalue weighted by Gasteiger charge is -2.36. The van der Waals surface area contributed by atoms with Crippen LogP contribution < -0.4 is 11.3 Å². The summed E-state index contributed by atoms with van der Waals surface area (Å²) in [6.45, 7) is 2.31. The molecular formula is C13H22N2S. The zero-order valence-electron chi connectivity index (χ0n) is 10.0. The first-order valence-electron chi connectivity index (χ1n) is 6.29. The maximum atomic E-state index is 5.78. The zero-order chi connectivity index (χ0) is 11.4. The maximum Gasteiger partial charge on any atom is 0.0315 e. The van der Waals surface area contributed by atoms with Crippen molar-refractivity contribution in [1.29, 1.82) is 0 Å². The van der Waals surface area contributed by atoms with E-state index < -0.39 is 0 Å². The Labute approximate surface area is 102 Å². The highest BCUT2D eigenvalue weighted by atomic mass is 32.1. The van der Waals surface area contributed by atoms with Crippen LogP contribution in [0, 0.1) is 5.41 Å². The van der Waals surface area contributed by atoms with Crippen LogP contribution in [0.1, 0.15) is 43.9 Å². The molecule has 1 heterocycles. The largest absolute Gasteiger partial charge is 0.271 e. The second kappa shape index (κ2) is 5.30. The molecule has 0 aliphatic heterocycles. The Hall–Kier alpha value is -0.380. The maximum absolute atomic E-state index is 5.78. The predicted octanol–water partition coefficient (Wildman–Crippen LogP) is 3.09. The molecule has 2 nitrogen and oxygen atoms in total. The number of hydrazine groups is 1. The van der Waals surface area contributed by atoms with Gasteiger partial charge in [0.1, 0.15) is 0 Å². The van der Waals surface area contributed by atoms with Gasteiger partial charge in [-0.25, -0.2) is 0 Å². The summed E-state index contributed by atoms with van der Waals surface area (Å²) in [4.78, 5) is 1.45. The van der Waals surface area contributed by atoms with E-state index in [0.717, 1.165) is 6.42 Å². The first-order valence-corrected chi connectivity index (χ1v) is 7.17. The average Bonchev–Trinajstić information content (AvgIpc) is 2.97. The number of rotatable bonds is 5. The summed E-state index contributed by atoms with van der Waals surface area (Å²) in [5.74, 6) is 5.78. The van der Waals surface area contributed by atoms with E-state index in [1.54, 1.807) is 0 Å². The van der Waals surface area contributed by atoms with E-state index >= 15 is 0 Å². The quantitative estimate of drug-likeness (QED) is 0.611. The Morgan fingerprint density at radius 3 is 2.75 bits per heavy atom. The van der Waals surface area contributed by atoms with Crippen LogP contribution in [0.4, 0.5) is 0 Å². The summed E-state index contributed by atoms with van der Waals surface area (Å²) in [6, 6.07) is 4.78. The fourth-order valence-corrected chi connectivity index (χ4v) is 3.86. The number of hydrogen-bond donors (Lipinski definition) is 2. The van der Waals surface area contributed by atoms with Gasteiger partial charge in [0.05, 0.1) is 0 Å². The highest BCUT2D eigenvalue weighted by molar-refractivity contribution is 7.09. The van der Waals surface area contributed by atoms with E-state index in [1.807, 2.05) is 11.3 Å². The van der Waals surface area contributed by atoms with E-state index in [0.29, 0.717) is 11.5 Å². The fraction of sp³-hybridized carbons (Fsp3) is 0.692. The molecule has 90 valence electrons. The molecule has 3 N–H and O–H groups in total. The second-order valence-corrected chi connectivity index (χ2v) is 5.96. The van der Waals surface area contributed by atoms with E-state index in [9.17, 15) is 0 Å². The van der Waals surface area contributed by atoms with Crippen LogP contribution in [0.3, 0.4) is 0 Å². The Kier molecular flexibility index (Phi) is 4.00. The Bertz CT molecular complexity index is 302. The van der Waals surface area contributed by atoms with Crippen molar-refractivity contribution in [2.75, 3.05) is 0 Å². The van der Waals surface area contributed by atoms with Gasteiger partial charge in [-0.3, -0.25) is 11.3 Å². The molecule has 0 saturated heterocycles. The third-order valence-electron chi connectivity index (χ3n) is 4.23. The van der Waals surface area contributed by atoms with Gasteiger partial charge < -0.3 is 0 Å². The van der Waals surface area contributed by atoms with Crippen molar-refractivity contribution < 1.29 is 0 Å². The molecule has 3 heteroatoms. The van der Waals surface area contributed by atoms with Gasteiger partial charge in [0.2, 0.25) is 0 Å². The third kappa shape index (κ3) is 2.31. The smallest absolute Gasteiger partial charge is 0.0315 e. The van der Waals surface area contributed by atoms with E-state index in [-0.39, 0.29) is 0 Å². The summed E-state index contributed by atoms with van der Waals surface area (Å²) < 4.78 is 0. The molecule has 1 atom stereocenters. The van der Waals surface area contributed by atoms with Crippen molar-refractivity contribution >= 4 is 11.3 Å². The van der Waals surface area contributed by atoms with Crippen LogP contribution in [-0.4, -0.2) is 6.04 Å². The predicted molar refractivity (Wildman–Crippen MR) is 70.3 cm³/mol. The summed E-state index contributed by atoms with van der Waals surface area (Å²) in [6.07, 6.45) is 7.75. The minimum Gasteiger partial charge on any atom is -0.271 e. The van der Waals surface area contributed by atoms with Gasteiger partial charge in [0.15, 0.2) is 0 Å². The minimum atomic E-state index is 0.443. The second-order valence-electron chi connectivity index (χ2n) is 4.93. The molecule has 1 saturated carbocycles. The molecule has 0 spiro atoms. The average molecular weight is 238 g/mol. The molecule has 0 radical (unpaired) electrons. The molecule has 1 aromatic heterocycles. The molecule has 1 unspecified atom stereocenters. The minimum absolute atomic E-state index is 0.443. The number of hydrogen-bond acceptors (Lipinski definition) is 3. The van der Waals surface area contributed by atoms with E-state index in [4.69, 9.17) is 5.84 Å². The van der Waals surface area contributed by atoms with E-state index in [2.05, 4.69) is 29.9 Å². The lowest BCUT2D eigenvalue weighted by atomic mass is 9.75. The van der Waals surface area contributed by atoms with Gasteiger partial charge in [0.25, 0.3) is 0 Å². The fourth-order valence-electron chi connectivity index (χ4n) is 3.11. The Balaban J connectivity index is 2.08. The number of nitrogens with one attached hydrogen (secondary N) is 1. The van der Waals surface area contributed by atoms with Crippen molar-refractivity contribution in [3.8, 4) is 0 Å². The van der Waals surface area contributed by atoms with Crippen molar-refractivity contribution in [2.24, 2.45) is 11.3 Å². The summed E-state index contributed by atoms with van der Waals surface area (Å²) in [5, 5.41) is 2.15. The first-order chi connectivity index (χ1) is 7.80. The molecule has 1 aromatic rings. The van der Waals surface area contributed by atoms with Crippen molar-refractivity contribution in [3.63, 3.8) is 0 Å². The van der Waals surface area contributed by atoms with Gasteiger partial charge in [-0.15, -0.1) is 11.3 Å². The van der Waals surface area contributed by atoms with Crippen LogP contribution in [0.2, 0.25) is 0 Å². The standard InChI is InChI=1S/C13H22N2S/c1-2-13(7-3-4-8-13)12(15-14)10-11-6-5-9-16-11/h5-6,9,12,15H,2-4,7-8,10,14H2,1H3. The molecule has 1 aliphatic rings. The van der Waals surface area contributed by atoms with Gasteiger partial charge in [-0.1, -0.05) is 25.8 Å². The van der Waals surface area contributed by atoms with Crippen LogP contribution in [0.25, 0.3) is 0 Å². The van der Waals surface area contributed by atoms with Crippen molar-refractivity contribution in [1.82, 2.24) is 5.43 Å². The Morgan fingerprint density at radius 1 is 1.50 bits per heavy atom. The Morgan fingerprint density at radius 2 is 2.25 bits per heavy atom. The van der Waals surface area contributed by atoms with Gasteiger partial charge in [-0.2, -0.15) is 0 Å². The molecule has 1 aliphatic carbocycles. The van der Waals surface area contributed by atoms with Crippen LogP contribution in [-0.2, 0) is 6.42 Å². The first kappa shape index (κ1) is 12.1. The summed E-state index contributed by atoms with van der Waals surface area (Å²) in [7, 11) is 0. The monoisotopic (exact) mass is 238 g/mol. The number of thiophene rings is 1. The van der Waals surface area contributed by atoms with E-state index in [1.165, 1.54) is 37.0 Å². The SMILES string of the molecule is CCC1(C(Cc2cccs2)NN)CCCC1. The van der Waals surface area contributed by atoms with Crippen LogP contribution in [0.15, 0.2) is 17.5 Å². The molecule has 0 bridgehead atoms. The zero-order valence-corrected chi connectivity index (χ0v) is 10.9. The van der Waals surface area contributed by atoms with Gasteiger partial charge in [-0.05, 0) is 42.5 Å². The molecule has 16 heavy (non-hydrogen) atoms. The number of nitrogens with two attached hydrogens (primary N) is 1. The normalized spacial score (nSPS) is 21.1. The molecule has 0 amide bonds. The topological polar surface area (TPSA) is 38.0 Å². The van der Waals surface area contributed by atoms with Gasteiger partial charge in [0, 0.05) is 10.9 Å². The molecule has 1 fully saturated rings. The summed E-state index contributed by atoms with van der Waals surface area (Å²) in [5.41, 5.74) is 3.52. The highest BCUT2D eigenvalue weighted by Gasteiger charge is 2.39. The van der Waals surface area contributed by atoms with Crippen molar-refractivity contribution in [3.05, 3.63) is 22.4 Å². The van der Waals surface area contributed by atoms with Crippen molar-refractivity contribution in [2.45, 2.75) is 51.5 Å². The molecule has 2 rings (SSSR count). The van der Waals surface area contributed by atoms with Crippen LogP contribution >= 0.6 is 11.3 Å².